The van der Waals surface area contributed by atoms with Crippen LogP contribution in [0.5, 0.6) is 0 Å². The summed E-state index contributed by atoms with van der Waals surface area (Å²) in [5, 5.41) is 13.1. The lowest BCUT2D eigenvalue weighted by molar-refractivity contribution is 0.0916. The minimum absolute atomic E-state index is 0.00541. The standard InChI is InChI=1S/C20H24ClF2N3O2/c1-20(2,3)26-19(28)12-5-4-6-25-17(12)10-18(27)16(24)8-11-7-13(21)15(23)9-14(11)22/h4-7,9,16,18,27H,8,10,24H2,1-3H3,(H,26,28). The second-order valence-electron chi connectivity index (χ2n) is 7.70. The van der Waals surface area contributed by atoms with Crippen molar-refractivity contribution < 1.29 is 18.7 Å². The number of aliphatic hydroxyl groups excluding tert-OH is 1. The van der Waals surface area contributed by atoms with E-state index in [1.54, 1.807) is 12.1 Å². The molecular weight excluding hydrogens is 388 g/mol. The van der Waals surface area contributed by atoms with Crippen molar-refractivity contribution in [3.63, 3.8) is 0 Å². The van der Waals surface area contributed by atoms with Crippen LogP contribution < -0.4 is 11.1 Å². The Hall–Kier alpha value is -2.09. The van der Waals surface area contributed by atoms with Crippen molar-refractivity contribution in [3.8, 4) is 0 Å². The highest BCUT2D eigenvalue weighted by Crippen LogP contribution is 2.21. The van der Waals surface area contributed by atoms with Gasteiger partial charge in [-0.3, -0.25) is 9.78 Å². The molecule has 8 heteroatoms. The quantitative estimate of drug-likeness (QED) is 0.637. The van der Waals surface area contributed by atoms with Crippen molar-refractivity contribution in [1.82, 2.24) is 10.3 Å². The average molecular weight is 412 g/mol. The largest absolute Gasteiger partial charge is 0.391 e. The number of nitrogens with two attached hydrogens (primary N) is 1. The normalized spacial score (nSPS) is 13.9. The number of carbonyl (C=O) groups excluding carboxylic acids is 1. The molecule has 152 valence electrons. The number of benzene rings is 1. The molecule has 5 nitrogen and oxygen atoms in total. The highest BCUT2D eigenvalue weighted by molar-refractivity contribution is 6.30. The maximum absolute atomic E-state index is 13.9. The van der Waals surface area contributed by atoms with Crippen LogP contribution in [0.1, 0.15) is 42.4 Å². The van der Waals surface area contributed by atoms with Crippen LogP contribution in [0.25, 0.3) is 0 Å². The van der Waals surface area contributed by atoms with Crippen molar-refractivity contribution in [2.24, 2.45) is 5.73 Å². The van der Waals surface area contributed by atoms with E-state index < -0.39 is 29.3 Å². The number of aliphatic hydroxyl groups is 1. The average Bonchev–Trinajstić information content (AvgIpc) is 2.58. The summed E-state index contributed by atoms with van der Waals surface area (Å²) >= 11 is 5.69. The van der Waals surface area contributed by atoms with Gasteiger partial charge in [-0.2, -0.15) is 0 Å². The van der Waals surface area contributed by atoms with Gasteiger partial charge < -0.3 is 16.2 Å². The van der Waals surface area contributed by atoms with E-state index in [4.69, 9.17) is 17.3 Å². The van der Waals surface area contributed by atoms with Gasteiger partial charge in [0.25, 0.3) is 5.91 Å². The fourth-order valence-electron chi connectivity index (χ4n) is 2.67. The second-order valence-corrected chi connectivity index (χ2v) is 8.11. The van der Waals surface area contributed by atoms with Crippen LogP contribution in [-0.4, -0.2) is 33.7 Å². The smallest absolute Gasteiger partial charge is 0.253 e. The molecule has 1 aromatic carbocycles. The van der Waals surface area contributed by atoms with Gasteiger partial charge in [0.1, 0.15) is 11.6 Å². The van der Waals surface area contributed by atoms with Crippen LogP contribution in [0, 0.1) is 11.6 Å². The van der Waals surface area contributed by atoms with Gasteiger partial charge >= 0.3 is 0 Å². The SMILES string of the molecule is CC(C)(C)NC(=O)c1cccnc1CC(O)C(N)Cc1cc(Cl)c(F)cc1F. The number of nitrogens with one attached hydrogen (secondary N) is 1. The first-order chi connectivity index (χ1) is 13.0. The lowest BCUT2D eigenvalue weighted by Crippen LogP contribution is -2.42. The highest BCUT2D eigenvalue weighted by Gasteiger charge is 2.23. The summed E-state index contributed by atoms with van der Waals surface area (Å²) in [5.74, 6) is -1.96. The zero-order valence-corrected chi connectivity index (χ0v) is 16.7. The van der Waals surface area contributed by atoms with E-state index in [9.17, 15) is 18.7 Å². The van der Waals surface area contributed by atoms with Gasteiger partial charge in [-0.15, -0.1) is 0 Å². The van der Waals surface area contributed by atoms with E-state index in [-0.39, 0.29) is 29.3 Å². The van der Waals surface area contributed by atoms with E-state index in [0.29, 0.717) is 17.3 Å². The highest BCUT2D eigenvalue weighted by atomic mass is 35.5. The number of amides is 1. The van der Waals surface area contributed by atoms with Crippen molar-refractivity contribution in [3.05, 3.63) is 63.9 Å². The molecule has 0 spiro atoms. The van der Waals surface area contributed by atoms with Gasteiger partial charge in [-0.05, 0) is 51.0 Å². The minimum atomic E-state index is -1.10. The Morgan fingerprint density at radius 1 is 1.29 bits per heavy atom. The third kappa shape index (κ3) is 5.95. The Labute approximate surface area is 167 Å². The molecule has 0 saturated heterocycles. The van der Waals surface area contributed by atoms with Crippen molar-refractivity contribution in [1.29, 1.82) is 0 Å². The molecule has 0 aliphatic rings. The summed E-state index contributed by atoms with van der Waals surface area (Å²) in [5.41, 5.74) is 6.38. The van der Waals surface area contributed by atoms with Crippen LogP contribution in [0.4, 0.5) is 8.78 Å². The Bertz CT molecular complexity index is 856. The molecule has 0 aliphatic heterocycles. The van der Waals surface area contributed by atoms with E-state index >= 15 is 0 Å². The fraction of sp³-hybridized carbons (Fsp3) is 0.400. The first-order valence-corrected chi connectivity index (χ1v) is 9.19. The summed E-state index contributed by atoms with van der Waals surface area (Å²) in [6.45, 7) is 5.57. The van der Waals surface area contributed by atoms with Crippen LogP contribution in [-0.2, 0) is 12.8 Å². The minimum Gasteiger partial charge on any atom is -0.391 e. The third-order valence-corrected chi connectivity index (χ3v) is 4.35. The first kappa shape index (κ1) is 22.2. The monoisotopic (exact) mass is 411 g/mol. The van der Waals surface area contributed by atoms with Crippen molar-refractivity contribution in [2.45, 2.75) is 51.3 Å². The van der Waals surface area contributed by atoms with Crippen molar-refractivity contribution >= 4 is 17.5 Å². The molecule has 0 saturated carbocycles. The van der Waals surface area contributed by atoms with Gasteiger partial charge in [0.2, 0.25) is 0 Å². The topological polar surface area (TPSA) is 88.2 Å². The molecule has 28 heavy (non-hydrogen) atoms. The van der Waals surface area contributed by atoms with Gasteiger partial charge in [0, 0.05) is 30.3 Å². The van der Waals surface area contributed by atoms with Gasteiger partial charge in [-0.25, -0.2) is 8.78 Å². The predicted octanol–water partition coefficient (Wildman–Crippen LogP) is 3.01. The third-order valence-electron chi connectivity index (χ3n) is 4.07. The Morgan fingerprint density at radius 3 is 2.61 bits per heavy atom. The zero-order valence-electron chi connectivity index (χ0n) is 16.0. The summed E-state index contributed by atoms with van der Waals surface area (Å²) in [4.78, 5) is 16.7. The molecule has 2 unspecified atom stereocenters. The number of halogens is 3. The Morgan fingerprint density at radius 2 is 1.96 bits per heavy atom. The molecule has 4 N–H and O–H groups in total. The van der Waals surface area contributed by atoms with E-state index in [1.165, 1.54) is 6.20 Å². The molecular formula is C20H24ClF2N3O2. The maximum atomic E-state index is 13.9. The Kier molecular flexibility index (Phi) is 7.09. The molecule has 0 bridgehead atoms. The lowest BCUT2D eigenvalue weighted by atomic mass is 9.96. The number of hydrogen-bond acceptors (Lipinski definition) is 4. The lowest BCUT2D eigenvalue weighted by Gasteiger charge is -2.23. The fourth-order valence-corrected chi connectivity index (χ4v) is 2.86. The van der Waals surface area contributed by atoms with E-state index in [0.717, 1.165) is 6.07 Å². The number of aromatic nitrogens is 1. The number of hydrogen-bond donors (Lipinski definition) is 3. The van der Waals surface area contributed by atoms with Crippen LogP contribution in [0.3, 0.4) is 0 Å². The molecule has 0 radical (unpaired) electrons. The summed E-state index contributed by atoms with van der Waals surface area (Å²) in [7, 11) is 0. The molecule has 1 heterocycles. The predicted molar refractivity (Wildman–Crippen MR) is 104 cm³/mol. The van der Waals surface area contributed by atoms with Gasteiger partial charge in [0.15, 0.2) is 0 Å². The molecule has 0 fully saturated rings. The number of nitrogens with zero attached hydrogens (tertiary/aromatic N) is 1. The van der Waals surface area contributed by atoms with Gasteiger partial charge in [0.05, 0.1) is 22.4 Å². The molecule has 2 aromatic rings. The van der Waals surface area contributed by atoms with Gasteiger partial charge in [-0.1, -0.05) is 11.6 Å². The number of pyridine rings is 1. The van der Waals surface area contributed by atoms with Crippen molar-refractivity contribution in [2.75, 3.05) is 0 Å². The first-order valence-electron chi connectivity index (χ1n) is 8.81. The Balaban J connectivity index is 2.13. The second kappa shape index (κ2) is 8.94. The maximum Gasteiger partial charge on any atom is 0.253 e. The van der Waals surface area contributed by atoms with E-state index in [2.05, 4.69) is 10.3 Å². The number of carbonyl (C=O) groups is 1. The molecule has 1 amide bonds. The molecule has 1 aromatic heterocycles. The van der Waals surface area contributed by atoms with E-state index in [1.807, 2.05) is 20.8 Å². The number of rotatable bonds is 6. The zero-order chi connectivity index (χ0) is 21.1. The van der Waals surface area contributed by atoms with Crippen LogP contribution in [0.2, 0.25) is 5.02 Å². The summed E-state index contributed by atoms with van der Waals surface area (Å²) < 4.78 is 27.2. The summed E-state index contributed by atoms with van der Waals surface area (Å²) in [6, 6.07) is 4.22. The van der Waals surface area contributed by atoms with Crippen LogP contribution >= 0.6 is 11.6 Å². The molecule has 2 atom stereocenters. The van der Waals surface area contributed by atoms with Crippen LogP contribution in [0.15, 0.2) is 30.5 Å². The molecule has 0 aliphatic carbocycles. The molecule has 2 rings (SSSR count). The summed E-state index contributed by atoms with van der Waals surface area (Å²) in [6.07, 6.45) is 0.370.